The maximum Gasteiger partial charge on any atom is 0.313 e. The molecule has 0 bridgehead atoms. The van der Waals surface area contributed by atoms with Gasteiger partial charge >= 0.3 is 11.8 Å². The summed E-state index contributed by atoms with van der Waals surface area (Å²) >= 11 is 12.0. The zero-order valence-electron chi connectivity index (χ0n) is 12.7. The second-order valence-electron chi connectivity index (χ2n) is 5.36. The average Bonchev–Trinajstić information content (AvgIpc) is 2.43. The molecule has 3 N–H and O–H groups in total. The van der Waals surface area contributed by atoms with Crippen LogP contribution in [-0.2, 0) is 9.59 Å². The molecule has 5 nitrogen and oxygen atoms in total. The Morgan fingerprint density at radius 2 is 1.73 bits per heavy atom. The molecule has 0 spiro atoms. The van der Waals surface area contributed by atoms with Gasteiger partial charge in [0.1, 0.15) is 0 Å². The van der Waals surface area contributed by atoms with E-state index >= 15 is 0 Å². The normalized spacial score (nSPS) is 12.1. The molecule has 1 aromatic rings. The third-order valence-corrected chi connectivity index (χ3v) is 4.09. The molecule has 0 saturated carbocycles. The maximum absolute atomic E-state index is 11.9. The summed E-state index contributed by atoms with van der Waals surface area (Å²) in [6.45, 7) is 5.50. The van der Waals surface area contributed by atoms with E-state index in [0.29, 0.717) is 27.7 Å². The van der Waals surface area contributed by atoms with Gasteiger partial charge < -0.3 is 15.7 Å². The Morgan fingerprint density at radius 1 is 1.18 bits per heavy atom. The largest absolute Gasteiger partial charge is 0.396 e. The molecule has 0 aromatic heterocycles. The molecule has 7 heteroatoms. The Kier molecular flexibility index (Phi) is 7.13. The highest BCUT2D eigenvalue weighted by Crippen LogP contribution is 2.28. The molecule has 0 fully saturated rings. The van der Waals surface area contributed by atoms with Crippen molar-refractivity contribution < 1.29 is 14.7 Å². The number of aliphatic hydroxyl groups is 1. The first-order chi connectivity index (χ1) is 10.3. The first-order valence-corrected chi connectivity index (χ1v) is 7.70. The number of carbonyl (C=O) groups is 2. The lowest BCUT2D eigenvalue weighted by molar-refractivity contribution is -0.136. The first-order valence-electron chi connectivity index (χ1n) is 6.94. The number of hydrogen-bond acceptors (Lipinski definition) is 3. The zero-order chi connectivity index (χ0) is 16.9. The number of halogens is 2. The summed E-state index contributed by atoms with van der Waals surface area (Å²) < 4.78 is 0. The van der Waals surface area contributed by atoms with Crippen LogP contribution in [0.25, 0.3) is 0 Å². The first kappa shape index (κ1) is 18.7. The van der Waals surface area contributed by atoms with Crippen LogP contribution in [0.2, 0.25) is 10.0 Å². The number of amides is 2. The minimum Gasteiger partial charge on any atom is -0.396 e. The molecule has 0 heterocycles. The van der Waals surface area contributed by atoms with Gasteiger partial charge in [-0.05, 0) is 37.0 Å². The molecule has 1 atom stereocenters. The molecule has 0 aliphatic heterocycles. The van der Waals surface area contributed by atoms with Gasteiger partial charge in [0.25, 0.3) is 0 Å². The van der Waals surface area contributed by atoms with Crippen LogP contribution >= 0.6 is 23.2 Å². The van der Waals surface area contributed by atoms with Crippen molar-refractivity contribution in [3.05, 3.63) is 27.7 Å². The van der Waals surface area contributed by atoms with Gasteiger partial charge in [-0.2, -0.15) is 0 Å². The molecule has 22 heavy (non-hydrogen) atoms. The van der Waals surface area contributed by atoms with E-state index in [1.165, 1.54) is 12.1 Å². The number of carbonyl (C=O) groups excluding carboxylic acids is 2. The molecule has 0 aliphatic carbocycles. The molecule has 2 amide bonds. The number of benzene rings is 1. The number of aliphatic hydroxyl groups excluding tert-OH is 1. The summed E-state index contributed by atoms with van der Waals surface area (Å²) in [5, 5.41) is 14.8. The van der Waals surface area contributed by atoms with Crippen molar-refractivity contribution >= 4 is 40.7 Å². The maximum atomic E-state index is 11.9. The van der Waals surface area contributed by atoms with Crippen LogP contribution in [0.4, 0.5) is 5.69 Å². The summed E-state index contributed by atoms with van der Waals surface area (Å²) in [7, 11) is 0. The molecule has 0 saturated heterocycles. The standard InChI is InChI=1S/C15H20Cl2N2O3/c1-8(2)13(4-5-20)19-15(22)14(21)18-10-6-11(16)9(3)12(17)7-10/h6-8,13,20H,4-5H2,1-3H3,(H,18,21)(H,19,22). The lowest BCUT2D eigenvalue weighted by Gasteiger charge is -2.21. The quantitative estimate of drug-likeness (QED) is 0.717. The van der Waals surface area contributed by atoms with Crippen LogP contribution in [0.1, 0.15) is 25.8 Å². The Hall–Kier alpha value is -1.30. The van der Waals surface area contributed by atoms with Gasteiger partial charge in [-0.15, -0.1) is 0 Å². The Labute approximate surface area is 140 Å². The second-order valence-corrected chi connectivity index (χ2v) is 6.17. The lowest BCUT2D eigenvalue weighted by Crippen LogP contribution is -2.44. The Morgan fingerprint density at radius 3 is 2.18 bits per heavy atom. The van der Waals surface area contributed by atoms with E-state index in [4.69, 9.17) is 28.3 Å². The van der Waals surface area contributed by atoms with Gasteiger partial charge in [-0.1, -0.05) is 37.0 Å². The molecule has 1 unspecified atom stereocenters. The smallest absolute Gasteiger partial charge is 0.313 e. The highest BCUT2D eigenvalue weighted by atomic mass is 35.5. The molecule has 0 radical (unpaired) electrons. The van der Waals surface area contributed by atoms with Crippen LogP contribution in [0.15, 0.2) is 12.1 Å². The number of hydrogen-bond donors (Lipinski definition) is 3. The summed E-state index contributed by atoms with van der Waals surface area (Å²) in [6, 6.07) is 2.79. The van der Waals surface area contributed by atoms with Crippen LogP contribution in [0.3, 0.4) is 0 Å². The third-order valence-electron chi connectivity index (χ3n) is 3.31. The predicted molar refractivity (Wildman–Crippen MR) is 88.3 cm³/mol. The summed E-state index contributed by atoms with van der Waals surface area (Å²) in [5.41, 5.74) is 1.05. The fourth-order valence-electron chi connectivity index (χ4n) is 1.85. The topological polar surface area (TPSA) is 78.4 Å². The zero-order valence-corrected chi connectivity index (χ0v) is 14.3. The van der Waals surface area contributed by atoms with Crippen LogP contribution < -0.4 is 10.6 Å². The Balaban J connectivity index is 2.74. The van der Waals surface area contributed by atoms with Crippen molar-refractivity contribution in [2.45, 2.75) is 33.2 Å². The number of nitrogens with one attached hydrogen (secondary N) is 2. The van der Waals surface area contributed by atoms with Gasteiger partial charge in [0.05, 0.1) is 0 Å². The highest BCUT2D eigenvalue weighted by Gasteiger charge is 2.21. The van der Waals surface area contributed by atoms with Crippen molar-refractivity contribution in [2.75, 3.05) is 11.9 Å². The summed E-state index contributed by atoms with van der Waals surface area (Å²) in [6.07, 6.45) is 0.388. The van der Waals surface area contributed by atoms with Crippen molar-refractivity contribution in [1.82, 2.24) is 5.32 Å². The minimum absolute atomic E-state index is 0.0616. The van der Waals surface area contributed by atoms with Gasteiger partial charge in [0.15, 0.2) is 0 Å². The fraction of sp³-hybridized carbons (Fsp3) is 0.467. The predicted octanol–water partition coefficient (Wildman–Crippen LogP) is 2.76. The molecule has 1 rings (SSSR count). The highest BCUT2D eigenvalue weighted by molar-refractivity contribution is 6.40. The molecule has 0 aliphatic rings. The van der Waals surface area contributed by atoms with Gasteiger partial charge in [0.2, 0.25) is 0 Å². The second kappa shape index (κ2) is 8.36. The van der Waals surface area contributed by atoms with E-state index < -0.39 is 11.8 Å². The molecule has 1 aromatic carbocycles. The molecule has 122 valence electrons. The van der Waals surface area contributed by atoms with Crippen LogP contribution in [-0.4, -0.2) is 29.6 Å². The Bertz CT molecular complexity index is 539. The van der Waals surface area contributed by atoms with E-state index in [2.05, 4.69) is 10.6 Å². The molecular formula is C15H20Cl2N2O3. The minimum atomic E-state index is -0.806. The summed E-state index contributed by atoms with van der Waals surface area (Å²) in [5.74, 6) is -1.47. The third kappa shape index (κ3) is 5.16. The lowest BCUT2D eigenvalue weighted by atomic mass is 10.0. The van der Waals surface area contributed by atoms with Gasteiger partial charge in [0, 0.05) is 28.4 Å². The average molecular weight is 347 g/mol. The van der Waals surface area contributed by atoms with Crippen molar-refractivity contribution in [1.29, 1.82) is 0 Å². The van der Waals surface area contributed by atoms with Crippen molar-refractivity contribution in [3.63, 3.8) is 0 Å². The molecular weight excluding hydrogens is 327 g/mol. The van der Waals surface area contributed by atoms with Gasteiger partial charge in [-0.3, -0.25) is 9.59 Å². The van der Waals surface area contributed by atoms with Crippen LogP contribution in [0.5, 0.6) is 0 Å². The fourth-order valence-corrected chi connectivity index (χ4v) is 2.34. The van der Waals surface area contributed by atoms with Crippen molar-refractivity contribution in [2.24, 2.45) is 5.92 Å². The SMILES string of the molecule is Cc1c(Cl)cc(NC(=O)C(=O)NC(CCO)C(C)C)cc1Cl. The van der Waals surface area contributed by atoms with Gasteiger partial charge in [-0.25, -0.2) is 0 Å². The van der Waals surface area contributed by atoms with E-state index in [1.54, 1.807) is 6.92 Å². The number of anilines is 1. The van der Waals surface area contributed by atoms with E-state index in [0.717, 1.165) is 0 Å². The van der Waals surface area contributed by atoms with E-state index in [1.807, 2.05) is 13.8 Å². The van der Waals surface area contributed by atoms with E-state index in [-0.39, 0.29) is 18.6 Å². The van der Waals surface area contributed by atoms with Crippen LogP contribution in [0, 0.1) is 12.8 Å². The number of rotatable bonds is 5. The van der Waals surface area contributed by atoms with Crippen molar-refractivity contribution in [3.8, 4) is 0 Å². The monoisotopic (exact) mass is 346 g/mol. The van der Waals surface area contributed by atoms with E-state index in [9.17, 15) is 9.59 Å². The summed E-state index contributed by atoms with van der Waals surface area (Å²) in [4.78, 5) is 23.8.